The molecule has 0 spiro atoms. The molecule has 2 N–H and O–H groups in total. The Kier molecular flexibility index (Phi) is 6.14. The van der Waals surface area contributed by atoms with Crippen LogP contribution in [0.5, 0.6) is 0 Å². The maximum atomic E-state index is 12.7. The number of halogens is 5. The van der Waals surface area contributed by atoms with Crippen molar-refractivity contribution in [3.05, 3.63) is 69.8 Å². The fourth-order valence-corrected chi connectivity index (χ4v) is 2.23. The molecule has 0 bridgehead atoms. The Morgan fingerprint density at radius 2 is 1.85 bits per heavy atom. The molecule has 0 radical (unpaired) electrons. The molecular weight excluding hydrogens is 390 g/mol. The van der Waals surface area contributed by atoms with Gasteiger partial charge in [0.05, 0.1) is 21.3 Å². The molecule has 0 heterocycles. The van der Waals surface area contributed by atoms with Crippen LogP contribution in [0, 0.1) is 11.3 Å². The zero-order chi connectivity index (χ0) is 19.3. The first-order chi connectivity index (χ1) is 12.2. The predicted octanol–water partition coefficient (Wildman–Crippen LogP) is 5.47. The van der Waals surface area contributed by atoms with E-state index < -0.39 is 17.6 Å². The van der Waals surface area contributed by atoms with E-state index in [1.807, 2.05) is 0 Å². The number of carbonyl (C=O) groups excluding carboxylic acids is 1. The van der Waals surface area contributed by atoms with Gasteiger partial charge in [-0.25, -0.2) is 0 Å². The molecule has 134 valence electrons. The van der Waals surface area contributed by atoms with E-state index in [2.05, 4.69) is 10.6 Å². The van der Waals surface area contributed by atoms with Crippen molar-refractivity contribution < 1.29 is 18.0 Å². The number of rotatable bonds is 4. The molecule has 2 aromatic rings. The molecule has 0 saturated carbocycles. The van der Waals surface area contributed by atoms with Gasteiger partial charge in [0.2, 0.25) is 0 Å². The van der Waals surface area contributed by atoms with Crippen molar-refractivity contribution >= 4 is 40.5 Å². The minimum absolute atomic E-state index is 0.0705. The Morgan fingerprint density at radius 3 is 2.50 bits per heavy atom. The maximum Gasteiger partial charge on any atom is 0.416 e. The zero-order valence-corrected chi connectivity index (χ0v) is 14.4. The molecule has 0 fully saturated rings. The zero-order valence-electron chi connectivity index (χ0n) is 12.9. The fourth-order valence-electron chi connectivity index (χ4n) is 1.88. The largest absolute Gasteiger partial charge is 0.416 e. The van der Waals surface area contributed by atoms with Gasteiger partial charge < -0.3 is 10.6 Å². The first-order valence-electron chi connectivity index (χ1n) is 7.02. The summed E-state index contributed by atoms with van der Waals surface area (Å²) in [6, 6.07) is 10.6. The molecule has 0 aliphatic carbocycles. The summed E-state index contributed by atoms with van der Waals surface area (Å²) < 4.78 is 38.1. The molecule has 0 saturated heterocycles. The van der Waals surface area contributed by atoms with E-state index >= 15 is 0 Å². The first kappa shape index (κ1) is 19.6. The smallest absolute Gasteiger partial charge is 0.360 e. The lowest BCUT2D eigenvalue weighted by molar-refractivity contribution is -0.137. The minimum Gasteiger partial charge on any atom is -0.360 e. The number of nitriles is 1. The summed E-state index contributed by atoms with van der Waals surface area (Å²) in [7, 11) is 0. The lowest BCUT2D eigenvalue weighted by Gasteiger charge is -2.09. The van der Waals surface area contributed by atoms with Gasteiger partial charge in [0.1, 0.15) is 11.6 Å². The molecule has 0 atom stereocenters. The number of hydrogen-bond acceptors (Lipinski definition) is 3. The second kappa shape index (κ2) is 8.13. The average Bonchev–Trinajstić information content (AvgIpc) is 2.59. The van der Waals surface area contributed by atoms with Crippen LogP contribution in [-0.4, -0.2) is 5.91 Å². The molecule has 2 aromatic carbocycles. The van der Waals surface area contributed by atoms with Crippen LogP contribution < -0.4 is 10.6 Å². The van der Waals surface area contributed by atoms with E-state index in [9.17, 15) is 18.0 Å². The molecule has 9 heteroatoms. The average molecular weight is 400 g/mol. The van der Waals surface area contributed by atoms with Crippen molar-refractivity contribution in [2.24, 2.45) is 0 Å². The summed E-state index contributed by atoms with van der Waals surface area (Å²) in [5.74, 6) is -0.795. The molecular formula is C17H10Cl2F3N3O. The topological polar surface area (TPSA) is 64.9 Å². The van der Waals surface area contributed by atoms with Crippen LogP contribution in [0.2, 0.25) is 10.0 Å². The second-order valence-electron chi connectivity index (χ2n) is 4.95. The molecule has 2 rings (SSSR count). The van der Waals surface area contributed by atoms with Crippen molar-refractivity contribution in [1.82, 2.24) is 0 Å². The third-order valence-corrected chi connectivity index (χ3v) is 3.96. The van der Waals surface area contributed by atoms with E-state index in [0.717, 1.165) is 18.3 Å². The van der Waals surface area contributed by atoms with Crippen LogP contribution in [-0.2, 0) is 11.0 Å². The third kappa shape index (κ3) is 4.91. The Balaban J connectivity index is 2.17. The van der Waals surface area contributed by atoms with E-state index in [0.29, 0.717) is 0 Å². The standard InChI is InChI=1S/C17H10Cl2F3N3O/c18-13-5-2-6-14(15(13)19)25-16(26)10(8-23)9-24-12-4-1-3-11(7-12)17(20,21)22/h1-7,9,24H,(H,25,26)/b10-9-. The number of amides is 1. The van der Waals surface area contributed by atoms with Crippen molar-refractivity contribution in [2.45, 2.75) is 6.18 Å². The first-order valence-corrected chi connectivity index (χ1v) is 7.77. The van der Waals surface area contributed by atoms with E-state index in [4.69, 9.17) is 28.5 Å². The van der Waals surface area contributed by atoms with Crippen molar-refractivity contribution in [1.29, 1.82) is 5.26 Å². The highest BCUT2D eigenvalue weighted by molar-refractivity contribution is 6.44. The van der Waals surface area contributed by atoms with Gasteiger partial charge in [-0.15, -0.1) is 0 Å². The lowest BCUT2D eigenvalue weighted by Crippen LogP contribution is -2.15. The summed E-state index contributed by atoms with van der Waals surface area (Å²) in [5, 5.41) is 14.3. The molecule has 1 amide bonds. The Labute approximate surface area is 156 Å². The van der Waals surface area contributed by atoms with Gasteiger partial charge in [-0.1, -0.05) is 35.3 Å². The summed E-state index contributed by atoms with van der Waals surface area (Å²) in [4.78, 5) is 12.1. The monoisotopic (exact) mass is 399 g/mol. The van der Waals surface area contributed by atoms with Crippen LogP contribution in [0.3, 0.4) is 0 Å². The SMILES string of the molecule is N#C/C(=C/Nc1cccc(C(F)(F)F)c1)C(=O)Nc1cccc(Cl)c1Cl. The van der Waals surface area contributed by atoms with Crippen LogP contribution in [0.4, 0.5) is 24.5 Å². The molecule has 26 heavy (non-hydrogen) atoms. The second-order valence-corrected chi connectivity index (χ2v) is 5.73. The fraction of sp³-hybridized carbons (Fsp3) is 0.0588. The van der Waals surface area contributed by atoms with Crippen LogP contribution in [0.15, 0.2) is 54.2 Å². The van der Waals surface area contributed by atoms with Crippen LogP contribution in [0.25, 0.3) is 0 Å². The maximum absolute atomic E-state index is 12.7. The number of anilines is 2. The molecule has 0 aliphatic heterocycles. The highest BCUT2D eigenvalue weighted by atomic mass is 35.5. The Hall–Kier alpha value is -2.69. The predicted molar refractivity (Wildman–Crippen MR) is 93.9 cm³/mol. The normalized spacial score (nSPS) is 11.6. The van der Waals surface area contributed by atoms with Crippen molar-refractivity contribution in [3.63, 3.8) is 0 Å². The molecule has 0 aliphatic rings. The van der Waals surface area contributed by atoms with Gasteiger partial charge >= 0.3 is 6.18 Å². The van der Waals surface area contributed by atoms with Gasteiger partial charge in [-0.3, -0.25) is 4.79 Å². The minimum atomic E-state index is -4.50. The van der Waals surface area contributed by atoms with Gasteiger partial charge in [-0.2, -0.15) is 18.4 Å². The summed E-state index contributed by atoms with van der Waals surface area (Å²) >= 11 is 11.8. The van der Waals surface area contributed by atoms with Crippen LogP contribution >= 0.6 is 23.2 Å². The quantitative estimate of drug-likeness (QED) is 0.529. The van der Waals surface area contributed by atoms with Gasteiger partial charge in [0, 0.05) is 11.9 Å². The van der Waals surface area contributed by atoms with Crippen LogP contribution in [0.1, 0.15) is 5.56 Å². The summed E-state index contributed by atoms with van der Waals surface area (Å²) in [6.07, 6.45) is -3.50. The number of benzene rings is 2. The molecule has 0 aromatic heterocycles. The highest BCUT2D eigenvalue weighted by Crippen LogP contribution is 2.31. The van der Waals surface area contributed by atoms with Crippen molar-refractivity contribution in [2.75, 3.05) is 10.6 Å². The molecule has 4 nitrogen and oxygen atoms in total. The van der Waals surface area contributed by atoms with E-state index in [1.54, 1.807) is 12.1 Å². The molecule has 0 unspecified atom stereocenters. The van der Waals surface area contributed by atoms with Gasteiger partial charge in [0.15, 0.2) is 0 Å². The number of carbonyl (C=O) groups is 1. The number of nitrogens with one attached hydrogen (secondary N) is 2. The summed E-state index contributed by atoms with van der Waals surface area (Å²) in [6.45, 7) is 0. The van der Waals surface area contributed by atoms with E-state index in [-0.39, 0.29) is 27.0 Å². The number of alkyl halides is 3. The number of hydrogen-bond donors (Lipinski definition) is 2. The van der Waals surface area contributed by atoms with Crippen molar-refractivity contribution in [3.8, 4) is 6.07 Å². The number of nitrogens with zero attached hydrogens (tertiary/aromatic N) is 1. The summed E-state index contributed by atoms with van der Waals surface area (Å²) in [5.41, 5.74) is -0.950. The highest BCUT2D eigenvalue weighted by Gasteiger charge is 2.30. The van der Waals surface area contributed by atoms with E-state index in [1.165, 1.54) is 24.3 Å². The van der Waals surface area contributed by atoms with Gasteiger partial charge in [0.25, 0.3) is 5.91 Å². The Morgan fingerprint density at radius 1 is 1.15 bits per heavy atom. The van der Waals surface area contributed by atoms with Gasteiger partial charge in [-0.05, 0) is 30.3 Å². The third-order valence-electron chi connectivity index (χ3n) is 3.14. The lowest BCUT2D eigenvalue weighted by atomic mass is 10.2. The Bertz CT molecular complexity index is 905.